The van der Waals surface area contributed by atoms with E-state index < -0.39 is 0 Å². The van der Waals surface area contributed by atoms with Crippen LogP contribution in [0.15, 0.2) is 18.3 Å². The number of nitrogens with zero attached hydrogens (tertiary/aromatic N) is 5. The Morgan fingerprint density at radius 2 is 2.32 bits per heavy atom. The molecule has 0 aliphatic heterocycles. The van der Waals surface area contributed by atoms with Gasteiger partial charge in [0, 0.05) is 6.20 Å². The van der Waals surface area contributed by atoms with Crippen molar-refractivity contribution in [3.63, 3.8) is 0 Å². The Balaban J connectivity index is 2.44. The van der Waals surface area contributed by atoms with E-state index in [1.807, 2.05) is 13.0 Å². The van der Waals surface area contributed by atoms with Crippen LogP contribution in [0.2, 0.25) is 0 Å². The van der Waals surface area contributed by atoms with Gasteiger partial charge in [0.1, 0.15) is 6.07 Å². The number of nitrogens with two attached hydrogens (primary N) is 1. The maximum Gasteiger partial charge on any atom is 0.336 e. The first-order valence-corrected chi connectivity index (χ1v) is 5.87. The van der Waals surface area contributed by atoms with E-state index in [1.165, 1.54) is 10.9 Å². The van der Waals surface area contributed by atoms with Crippen LogP contribution in [-0.2, 0) is 0 Å². The van der Waals surface area contributed by atoms with E-state index in [2.05, 4.69) is 15.1 Å². The summed E-state index contributed by atoms with van der Waals surface area (Å²) in [6.07, 6.45) is 1.47. The van der Waals surface area contributed by atoms with Gasteiger partial charge in [-0.2, -0.15) is 14.9 Å². The molecule has 0 saturated carbocycles. The largest absolute Gasteiger partial charge is 0.463 e. The Kier molecular flexibility index (Phi) is 3.73. The van der Waals surface area contributed by atoms with Gasteiger partial charge in [-0.3, -0.25) is 0 Å². The molecular weight excluding hydrogens is 244 g/mol. The second kappa shape index (κ2) is 5.46. The number of ether oxygens (including phenoxy) is 1. The SMILES string of the molecule is CCOc1nc([C@H](C)N)n(-c2ccc(C#N)cn2)n1. The van der Waals surface area contributed by atoms with Crippen LogP contribution in [0.25, 0.3) is 5.82 Å². The monoisotopic (exact) mass is 258 g/mol. The van der Waals surface area contributed by atoms with Gasteiger partial charge >= 0.3 is 6.01 Å². The lowest BCUT2D eigenvalue weighted by Gasteiger charge is -2.06. The third kappa shape index (κ3) is 2.69. The molecule has 19 heavy (non-hydrogen) atoms. The van der Waals surface area contributed by atoms with Crippen LogP contribution in [0.5, 0.6) is 6.01 Å². The Bertz CT molecular complexity index is 596. The molecule has 2 rings (SSSR count). The van der Waals surface area contributed by atoms with Gasteiger partial charge in [-0.15, -0.1) is 5.10 Å². The van der Waals surface area contributed by atoms with Crippen molar-refractivity contribution in [1.29, 1.82) is 5.26 Å². The summed E-state index contributed by atoms with van der Waals surface area (Å²) < 4.78 is 6.79. The van der Waals surface area contributed by atoms with Gasteiger partial charge in [-0.25, -0.2) is 4.98 Å². The van der Waals surface area contributed by atoms with Crippen molar-refractivity contribution < 1.29 is 4.74 Å². The molecule has 0 saturated heterocycles. The molecular formula is C12H14N6O. The summed E-state index contributed by atoms with van der Waals surface area (Å²) in [6, 6.07) is 5.32. The fraction of sp³-hybridized carbons (Fsp3) is 0.333. The van der Waals surface area contributed by atoms with Crippen LogP contribution in [0.3, 0.4) is 0 Å². The van der Waals surface area contributed by atoms with Gasteiger partial charge in [0.2, 0.25) is 0 Å². The normalized spacial score (nSPS) is 11.9. The number of aromatic nitrogens is 4. The second-order valence-electron chi connectivity index (χ2n) is 3.90. The van der Waals surface area contributed by atoms with Gasteiger partial charge < -0.3 is 10.5 Å². The molecule has 0 radical (unpaired) electrons. The first-order valence-electron chi connectivity index (χ1n) is 5.87. The fourth-order valence-electron chi connectivity index (χ4n) is 1.54. The zero-order valence-corrected chi connectivity index (χ0v) is 10.7. The maximum absolute atomic E-state index is 8.75. The highest BCUT2D eigenvalue weighted by atomic mass is 16.5. The predicted molar refractivity (Wildman–Crippen MR) is 67.6 cm³/mol. The molecule has 0 unspecified atom stereocenters. The summed E-state index contributed by atoms with van der Waals surface area (Å²) >= 11 is 0. The number of nitriles is 1. The lowest BCUT2D eigenvalue weighted by molar-refractivity contribution is 0.312. The van der Waals surface area contributed by atoms with Gasteiger partial charge in [0.05, 0.1) is 18.2 Å². The van der Waals surface area contributed by atoms with E-state index in [1.54, 1.807) is 19.1 Å². The molecule has 0 fully saturated rings. The van der Waals surface area contributed by atoms with Gasteiger partial charge in [0.15, 0.2) is 11.6 Å². The quantitative estimate of drug-likeness (QED) is 0.875. The number of pyridine rings is 1. The Labute approximate surface area is 110 Å². The summed E-state index contributed by atoms with van der Waals surface area (Å²) in [5, 5.41) is 13.0. The summed E-state index contributed by atoms with van der Waals surface area (Å²) in [5.41, 5.74) is 6.34. The van der Waals surface area contributed by atoms with Crippen molar-refractivity contribution in [2.45, 2.75) is 19.9 Å². The smallest absolute Gasteiger partial charge is 0.336 e. The van der Waals surface area contributed by atoms with Crippen LogP contribution >= 0.6 is 0 Å². The zero-order valence-electron chi connectivity index (χ0n) is 10.7. The first-order chi connectivity index (χ1) is 9.15. The maximum atomic E-state index is 8.75. The standard InChI is InChI=1S/C12H14N6O/c1-3-19-12-16-11(8(2)14)18(17-12)10-5-4-9(6-13)7-15-10/h4-5,7-8H,3,14H2,1-2H3/t8-/m0/s1. The lowest BCUT2D eigenvalue weighted by Crippen LogP contribution is -2.14. The number of hydrogen-bond acceptors (Lipinski definition) is 6. The Morgan fingerprint density at radius 1 is 1.53 bits per heavy atom. The van der Waals surface area contributed by atoms with E-state index in [0.29, 0.717) is 23.8 Å². The molecule has 0 aromatic carbocycles. The van der Waals surface area contributed by atoms with Crippen molar-refractivity contribution in [2.24, 2.45) is 5.73 Å². The Morgan fingerprint density at radius 3 is 2.84 bits per heavy atom. The van der Waals surface area contributed by atoms with Gasteiger partial charge in [0.25, 0.3) is 0 Å². The fourth-order valence-corrected chi connectivity index (χ4v) is 1.54. The molecule has 2 aromatic heterocycles. The van der Waals surface area contributed by atoms with E-state index in [4.69, 9.17) is 15.7 Å². The number of hydrogen-bond donors (Lipinski definition) is 1. The minimum absolute atomic E-state index is 0.265. The van der Waals surface area contributed by atoms with Gasteiger partial charge in [-0.1, -0.05) is 0 Å². The molecule has 7 nitrogen and oxygen atoms in total. The highest BCUT2D eigenvalue weighted by Crippen LogP contribution is 2.16. The predicted octanol–water partition coefficient (Wildman–Crippen LogP) is 0.952. The third-order valence-electron chi connectivity index (χ3n) is 2.39. The number of rotatable bonds is 4. The van der Waals surface area contributed by atoms with Crippen molar-refractivity contribution in [3.8, 4) is 17.9 Å². The molecule has 98 valence electrons. The Hall–Kier alpha value is -2.46. The molecule has 2 heterocycles. The lowest BCUT2D eigenvalue weighted by atomic mass is 10.3. The van der Waals surface area contributed by atoms with Crippen molar-refractivity contribution >= 4 is 0 Å². The molecule has 2 N–H and O–H groups in total. The highest BCUT2D eigenvalue weighted by Gasteiger charge is 2.16. The average molecular weight is 258 g/mol. The van der Waals surface area contributed by atoms with Crippen molar-refractivity contribution in [3.05, 3.63) is 29.7 Å². The third-order valence-corrected chi connectivity index (χ3v) is 2.39. The molecule has 0 aliphatic carbocycles. The van der Waals surface area contributed by atoms with E-state index >= 15 is 0 Å². The van der Waals surface area contributed by atoms with Gasteiger partial charge in [-0.05, 0) is 26.0 Å². The van der Waals surface area contributed by atoms with Crippen molar-refractivity contribution in [1.82, 2.24) is 19.7 Å². The highest BCUT2D eigenvalue weighted by molar-refractivity contribution is 5.32. The second-order valence-corrected chi connectivity index (χ2v) is 3.90. The van der Waals surface area contributed by atoms with Crippen LogP contribution in [0, 0.1) is 11.3 Å². The van der Waals surface area contributed by atoms with E-state index in [-0.39, 0.29) is 12.1 Å². The average Bonchev–Trinajstić information content (AvgIpc) is 2.83. The topological polar surface area (TPSA) is 103 Å². The minimum atomic E-state index is -0.306. The summed E-state index contributed by atoms with van der Waals surface area (Å²) in [5.74, 6) is 1.10. The summed E-state index contributed by atoms with van der Waals surface area (Å²) in [6.45, 7) is 4.13. The molecule has 0 spiro atoms. The molecule has 0 amide bonds. The molecule has 1 atom stereocenters. The zero-order chi connectivity index (χ0) is 13.8. The van der Waals surface area contributed by atoms with E-state index in [0.717, 1.165) is 0 Å². The van der Waals surface area contributed by atoms with E-state index in [9.17, 15) is 0 Å². The molecule has 0 bridgehead atoms. The summed E-state index contributed by atoms with van der Waals surface area (Å²) in [7, 11) is 0. The summed E-state index contributed by atoms with van der Waals surface area (Å²) in [4.78, 5) is 8.38. The minimum Gasteiger partial charge on any atom is -0.463 e. The molecule has 2 aromatic rings. The first kappa shape index (κ1) is 13.0. The van der Waals surface area contributed by atoms with Crippen LogP contribution in [0.4, 0.5) is 0 Å². The van der Waals surface area contributed by atoms with Crippen molar-refractivity contribution in [2.75, 3.05) is 6.61 Å². The van der Waals surface area contributed by atoms with Crippen LogP contribution in [0.1, 0.15) is 31.3 Å². The molecule has 0 aliphatic rings. The van der Waals surface area contributed by atoms with Crippen LogP contribution < -0.4 is 10.5 Å². The molecule has 7 heteroatoms. The van der Waals surface area contributed by atoms with Crippen LogP contribution in [-0.4, -0.2) is 26.4 Å².